The fourth-order valence-corrected chi connectivity index (χ4v) is 9.92. The first kappa shape index (κ1) is 28.9. The fraction of sp³-hybridized carbons (Fsp3) is 0.394. The quantitative estimate of drug-likeness (QED) is 0.236. The molecule has 2 aliphatic carbocycles. The van der Waals surface area contributed by atoms with Crippen molar-refractivity contribution in [3.63, 3.8) is 0 Å². The third kappa shape index (κ3) is 4.99. The van der Waals surface area contributed by atoms with E-state index in [2.05, 4.69) is 39.1 Å². The van der Waals surface area contributed by atoms with E-state index in [0.717, 1.165) is 35.4 Å². The van der Waals surface area contributed by atoms with Gasteiger partial charge in [-0.05, 0) is 93.9 Å². The topological polar surface area (TPSA) is 88.3 Å². The minimum atomic E-state index is -4.04. The number of thiazole rings is 1. The van der Waals surface area contributed by atoms with Gasteiger partial charge in [-0.1, -0.05) is 41.9 Å². The van der Waals surface area contributed by atoms with Crippen LogP contribution in [0.25, 0.3) is 21.5 Å². The zero-order valence-corrected chi connectivity index (χ0v) is 26.5. The van der Waals surface area contributed by atoms with Crippen LogP contribution in [0.2, 0.25) is 0 Å². The third-order valence-corrected chi connectivity index (χ3v) is 13.2. The van der Waals surface area contributed by atoms with Gasteiger partial charge in [0.2, 0.25) is 10.0 Å². The molecule has 0 spiro atoms. The number of likely N-dealkylation sites (tertiary alicyclic amines) is 1. The number of hydrogen-bond donors (Lipinski definition) is 1. The molecule has 2 atom stereocenters. The standard InChI is InChI=1S/C33H35ClN4O3S2/c1-32(21-25(34)9-10-28(32)24-7-5-23(6-8-24)12-19-37-17-2-3-18-37)43(40,41)38-20-13-27-26(11-16-35-30(27)38)29-22-36-31(42-29)33(39)14-4-15-33/h5-11,13,16,20-22,28,39H,2-4,12,14-15,17-19H2,1H3. The second-order valence-corrected chi connectivity index (χ2v) is 15.9. The molecule has 1 saturated heterocycles. The van der Waals surface area contributed by atoms with Crippen molar-refractivity contribution in [2.24, 2.45) is 0 Å². The molecule has 4 aromatic rings. The molecule has 3 aromatic heterocycles. The molecule has 2 fully saturated rings. The predicted octanol–water partition coefficient (Wildman–Crippen LogP) is 6.58. The highest BCUT2D eigenvalue weighted by atomic mass is 35.5. The SMILES string of the molecule is CC1(S(=O)(=O)n2ccc3c(-c4cnc(C5(O)CCC5)s4)ccnc32)C=C(Cl)C=CC1c1ccc(CCN2CCCC2)cc1. The highest BCUT2D eigenvalue weighted by Crippen LogP contribution is 2.46. The highest BCUT2D eigenvalue weighted by Gasteiger charge is 2.47. The molecular formula is C33H35ClN4O3S2. The van der Waals surface area contributed by atoms with Crippen molar-refractivity contribution < 1.29 is 13.5 Å². The summed E-state index contributed by atoms with van der Waals surface area (Å²) in [4.78, 5) is 12.4. The number of aliphatic hydroxyl groups is 1. The molecule has 3 aliphatic rings. The average molecular weight is 635 g/mol. The van der Waals surface area contributed by atoms with E-state index in [1.165, 1.54) is 46.8 Å². The number of fused-ring (bicyclic) bond motifs is 1. The Bertz CT molecular complexity index is 1830. The summed E-state index contributed by atoms with van der Waals surface area (Å²) in [5.74, 6) is -0.444. The first-order valence-electron chi connectivity index (χ1n) is 15.0. The van der Waals surface area contributed by atoms with Crippen LogP contribution < -0.4 is 0 Å². The summed E-state index contributed by atoms with van der Waals surface area (Å²) in [6.45, 7) is 5.14. The molecule has 224 valence electrons. The third-order valence-electron chi connectivity index (χ3n) is 9.46. The summed E-state index contributed by atoms with van der Waals surface area (Å²) in [6, 6.07) is 12.0. The maximum Gasteiger partial charge on any atom is 0.250 e. The number of rotatable bonds is 8. The maximum atomic E-state index is 14.6. The fourth-order valence-electron chi connectivity index (χ4n) is 6.63. The molecule has 0 amide bonds. The minimum Gasteiger partial charge on any atom is -0.383 e. The lowest BCUT2D eigenvalue weighted by molar-refractivity contribution is -0.0389. The number of benzene rings is 1. The van der Waals surface area contributed by atoms with Crippen molar-refractivity contribution in [2.45, 2.75) is 61.7 Å². The van der Waals surface area contributed by atoms with Gasteiger partial charge in [0.15, 0.2) is 5.65 Å². The molecule has 1 aliphatic heterocycles. The van der Waals surface area contributed by atoms with E-state index >= 15 is 0 Å². The van der Waals surface area contributed by atoms with E-state index in [4.69, 9.17) is 11.6 Å². The van der Waals surface area contributed by atoms with Crippen LogP contribution in [0.3, 0.4) is 0 Å². The number of halogens is 1. The summed E-state index contributed by atoms with van der Waals surface area (Å²) in [7, 11) is -4.04. The molecule has 0 radical (unpaired) electrons. The van der Waals surface area contributed by atoms with E-state index in [0.29, 0.717) is 33.9 Å². The van der Waals surface area contributed by atoms with Gasteiger partial charge in [0.05, 0.1) is 4.88 Å². The molecule has 10 heteroatoms. The van der Waals surface area contributed by atoms with Crippen LogP contribution in [0.15, 0.2) is 78.2 Å². The van der Waals surface area contributed by atoms with Crippen molar-refractivity contribution in [1.29, 1.82) is 0 Å². The van der Waals surface area contributed by atoms with Crippen LogP contribution in [0, 0.1) is 0 Å². The van der Waals surface area contributed by atoms with Crippen LogP contribution >= 0.6 is 22.9 Å². The number of aromatic nitrogens is 3. The van der Waals surface area contributed by atoms with Crippen molar-refractivity contribution in [3.8, 4) is 10.4 Å². The van der Waals surface area contributed by atoms with Crippen molar-refractivity contribution in [1.82, 2.24) is 18.8 Å². The van der Waals surface area contributed by atoms with Crippen molar-refractivity contribution in [2.75, 3.05) is 19.6 Å². The molecule has 1 saturated carbocycles. The molecule has 7 nitrogen and oxygen atoms in total. The van der Waals surface area contributed by atoms with Gasteiger partial charge in [-0.25, -0.2) is 22.4 Å². The summed E-state index contributed by atoms with van der Waals surface area (Å²) in [5, 5.41) is 12.6. The smallest absolute Gasteiger partial charge is 0.250 e. The summed E-state index contributed by atoms with van der Waals surface area (Å²) >= 11 is 7.93. The molecule has 0 bridgehead atoms. The van der Waals surface area contributed by atoms with Crippen molar-refractivity contribution >= 4 is 44.0 Å². The minimum absolute atomic E-state index is 0.353. The highest BCUT2D eigenvalue weighted by molar-refractivity contribution is 7.91. The van der Waals surface area contributed by atoms with E-state index in [1.54, 1.807) is 43.7 Å². The second kappa shape index (κ2) is 11.0. The summed E-state index contributed by atoms with van der Waals surface area (Å²) in [6.07, 6.45) is 16.3. The lowest BCUT2D eigenvalue weighted by atomic mass is 9.81. The lowest BCUT2D eigenvalue weighted by Crippen LogP contribution is -2.43. The Labute approximate surface area is 261 Å². The van der Waals surface area contributed by atoms with Crippen molar-refractivity contribution in [3.05, 3.63) is 94.4 Å². The van der Waals surface area contributed by atoms with Gasteiger partial charge in [-0.2, -0.15) is 0 Å². The number of hydrogen-bond acceptors (Lipinski definition) is 7. The number of pyridine rings is 1. The van der Waals surface area contributed by atoms with Gasteiger partial charge >= 0.3 is 0 Å². The van der Waals surface area contributed by atoms with Crippen LogP contribution in [-0.2, 0) is 22.0 Å². The van der Waals surface area contributed by atoms with Crippen LogP contribution in [0.4, 0.5) is 0 Å². The van der Waals surface area contributed by atoms with E-state index in [-0.39, 0.29) is 0 Å². The summed E-state index contributed by atoms with van der Waals surface area (Å²) < 4.78 is 29.1. The van der Waals surface area contributed by atoms with Crippen LogP contribution in [0.1, 0.15) is 61.1 Å². The monoisotopic (exact) mass is 634 g/mol. The molecule has 1 aromatic carbocycles. The molecule has 1 N–H and O–H groups in total. The Morgan fingerprint density at radius 1 is 1.07 bits per heavy atom. The predicted molar refractivity (Wildman–Crippen MR) is 173 cm³/mol. The van der Waals surface area contributed by atoms with E-state index < -0.39 is 26.3 Å². The first-order chi connectivity index (χ1) is 20.7. The first-order valence-corrected chi connectivity index (χ1v) is 17.6. The van der Waals surface area contributed by atoms with Gasteiger partial charge in [-0.15, -0.1) is 11.3 Å². The Balaban J connectivity index is 1.21. The zero-order chi connectivity index (χ0) is 29.8. The Kier molecular flexibility index (Phi) is 7.37. The largest absolute Gasteiger partial charge is 0.383 e. The number of nitrogens with zero attached hydrogens (tertiary/aromatic N) is 4. The molecule has 4 heterocycles. The van der Waals surface area contributed by atoms with Gasteiger partial charge < -0.3 is 10.0 Å². The molecule has 7 rings (SSSR count). The molecule has 2 unspecified atom stereocenters. The van der Waals surface area contributed by atoms with Crippen LogP contribution in [0.5, 0.6) is 0 Å². The Morgan fingerprint density at radius 3 is 2.56 bits per heavy atom. The molecular weight excluding hydrogens is 600 g/mol. The van der Waals surface area contributed by atoms with Gasteiger partial charge in [0.1, 0.15) is 15.4 Å². The maximum absolute atomic E-state index is 14.6. The summed E-state index contributed by atoms with van der Waals surface area (Å²) in [5.41, 5.74) is 2.52. The normalized spacial score (nSPS) is 23.9. The second-order valence-electron chi connectivity index (χ2n) is 12.2. The Morgan fingerprint density at radius 2 is 1.84 bits per heavy atom. The van der Waals surface area contributed by atoms with E-state index in [1.807, 2.05) is 12.1 Å². The Hall–Kier alpha value is -2.82. The zero-order valence-electron chi connectivity index (χ0n) is 24.1. The lowest BCUT2D eigenvalue weighted by Gasteiger charge is -2.36. The van der Waals surface area contributed by atoms with Crippen LogP contribution in [-0.4, -0.2) is 56.7 Å². The van der Waals surface area contributed by atoms with Gasteiger partial charge in [-0.3, -0.25) is 0 Å². The molecule has 43 heavy (non-hydrogen) atoms. The van der Waals surface area contributed by atoms with Gasteiger partial charge in [0, 0.05) is 47.0 Å². The number of allylic oxidation sites excluding steroid dienone is 3. The van der Waals surface area contributed by atoms with E-state index in [9.17, 15) is 13.5 Å². The van der Waals surface area contributed by atoms with Gasteiger partial charge in [0.25, 0.3) is 0 Å². The average Bonchev–Trinajstić information content (AvgIpc) is 3.76.